The molecule has 0 bridgehead atoms. The molecule has 0 aromatic heterocycles. The summed E-state index contributed by atoms with van der Waals surface area (Å²) in [6, 6.07) is 0. The summed E-state index contributed by atoms with van der Waals surface area (Å²) in [5.74, 6) is 0.768. The predicted octanol–water partition coefficient (Wildman–Crippen LogP) is 1.96. The SMILES string of the molecule is CC(C)CNCC1(C)CCN(C)CC1. The maximum atomic E-state index is 3.59. The van der Waals surface area contributed by atoms with E-state index in [4.69, 9.17) is 0 Å². The van der Waals surface area contributed by atoms with Crippen molar-refractivity contribution in [3.63, 3.8) is 0 Å². The van der Waals surface area contributed by atoms with E-state index >= 15 is 0 Å². The highest BCUT2D eigenvalue weighted by Crippen LogP contribution is 2.29. The van der Waals surface area contributed by atoms with Crippen LogP contribution in [0.2, 0.25) is 0 Å². The van der Waals surface area contributed by atoms with E-state index in [2.05, 4.69) is 38.0 Å². The lowest BCUT2D eigenvalue weighted by Gasteiger charge is -2.38. The molecular formula is C12H26N2. The van der Waals surface area contributed by atoms with Crippen LogP contribution in [0.25, 0.3) is 0 Å². The zero-order valence-electron chi connectivity index (χ0n) is 10.3. The molecule has 0 saturated carbocycles. The quantitative estimate of drug-likeness (QED) is 0.743. The van der Waals surface area contributed by atoms with Crippen LogP contribution < -0.4 is 5.32 Å². The number of piperidine rings is 1. The number of likely N-dealkylation sites (tertiary alicyclic amines) is 1. The molecular weight excluding hydrogens is 172 g/mol. The van der Waals surface area contributed by atoms with Gasteiger partial charge in [-0.3, -0.25) is 0 Å². The van der Waals surface area contributed by atoms with E-state index in [-0.39, 0.29) is 0 Å². The van der Waals surface area contributed by atoms with Crippen LogP contribution in [-0.2, 0) is 0 Å². The second-order valence-corrected chi connectivity index (χ2v) is 5.64. The number of nitrogens with zero attached hydrogens (tertiary/aromatic N) is 1. The molecule has 0 aromatic carbocycles. The van der Waals surface area contributed by atoms with Gasteiger partial charge in [0.05, 0.1) is 0 Å². The number of rotatable bonds is 4. The third-order valence-corrected chi connectivity index (χ3v) is 3.30. The second-order valence-electron chi connectivity index (χ2n) is 5.64. The Morgan fingerprint density at radius 2 is 1.86 bits per heavy atom. The van der Waals surface area contributed by atoms with Gasteiger partial charge >= 0.3 is 0 Å². The second kappa shape index (κ2) is 5.13. The molecule has 1 N–H and O–H groups in total. The Morgan fingerprint density at radius 3 is 2.36 bits per heavy atom. The molecule has 84 valence electrons. The molecule has 2 heteroatoms. The topological polar surface area (TPSA) is 15.3 Å². The van der Waals surface area contributed by atoms with Crippen LogP contribution in [0.5, 0.6) is 0 Å². The van der Waals surface area contributed by atoms with Gasteiger partial charge in [-0.25, -0.2) is 0 Å². The van der Waals surface area contributed by atoms with Crippen LogP contribution in [0.15, 0.2) is 0 Å². The highest BCUT2D eigenvalue weighted by Gasteiger charge is 2.28. The Kier molecular flexibility index (Phi) is 4.39. The minimum atomic E-state index is 0.543. The Bertz CT molecular complexity index is 158. The van der Waals surface area contributed by atoms with Gasteiger partial charge in [0.25, 0.3) is 0 Å². The average Bonchev–Trinajstić information content (AvgIpc) is 2.10. The van der Waals surface area contributed by atoms with Crippen molar-refractivity contribution in [3.05, 3.63) is 0 Å². The van der Waals surface area contributed by atoms with Crippen LogP contribution in [-0.4, -0.2) is 38.1 Å². The molecule has 0 amide bonds. The summed E-state index contributed by atoms with van der Waals surface area (Å²) in [4.78, 5) is 2.43. The van der Waals surface area contributed by atoms with E-state index in [9.17, 15) is 0 Å². The Balaban J connectivity index is 2.21. The van der Waals surface area contributed by atoms with Crippen molar-refractivity contribution in [2.45, 2.75) is 33.6 Å². The standard InChI is InChI=1S/C12H26N2/c1-11(2)9-13-10-12(3)5-7-14(4)8-6-12/h11,13H,5-10H2,1-4H3. The first-order chi connectivity index (χ1) is 6.52. The molecule has 0 unspecified atom stereocenters. The van der Waals surface area contributed by atoms with Crippen LogP contribution >= 0.6 is 0 Å². The van der Waals surface area contributed by atoms with Gasteiger partial charge in [-0.2, -0.15) is 0 Å². The largest absolute Gasteiger partial charge is 0.316 e. The van der Waals surface area contributed by atoms with Crippen molar-refractivity contribution >= 4 is 0 Å². The van der Waals surface area contributed by atoms with Crippen molar-refractivity contribution in [1.29, 1.82) is 0 Å². The highest BCUT2D eigenvalue weighted by molar-refractivity contribution is 4.83. The summed E-state index contributed by atoms with van der Waals surface area (Å²) < 4.78 is 0. The zero-order chi connectivity index (χ0) is 10.6. The Morgan fingerprint density at radius 1 is 1.29 bits per heavy atom. The highest BCUT2D eigenvalue weighted by atomic mass is 15.1. The van der Waals surface area contributed by atoms with Crippen molar-refractivity contribution in [2.24, 2.45) is 11.3 Å². The molecule has 1 fully saturated rings. The van der Waals surface area contributed by atoms with Gasteiger partial charge in [0.1, 0.15) is 0 Å². The van der Waals surface area contributed by atoms with E-state index in [1.54, 1.807) is 0 Å². The van der Waals surface area contributed by atoms with E-state index in [1.807, 2.05) is 0 Å². The van der Waals surface area contributed by atoms with E-state index in [0.29, 0.717) is 5.41 Å². The molecule has 1 aliphatic rings. The summed E-state index contributed by atoms with van der Waals surface area (Å²) in [5, 5.41) is 3.59. The van der Waals surface area contributed by atoms with Crippen LogP contribution in [0.3, 0.4) is 0 Å². The summed E-state index contributed by atoms with van der Waals surface area (Å²) >= 11 is 0. The number of hydrogen-bond acceptors (Lipinski definition) is 2. The monoisotopic (exact) mass is 198 g/mol. The van der Waals surface area contributed by atoms with E-state index in [0.717, 1.165) is 12.5 Å². The van der Waals surface area contributed by atoms with E-state index < -0.39 is 0 Å². The smallest absolute Gasteiger partial charge is 0.000623 e. The summed E-state index contributed by atoms with van der Waals surface area (Å²) in [7, 11) is 2.22. The van der Waals surface area contributed by atoms with Crippen molar-refractivity contribution < 1.29 is 0 Å². The molecule has 1 rings (SSSR count). The minimum Gasteiger partial charge on any atom is -0.316 e. The van der Waals surface area contributed by atoms with Gasteiger partial charge in [0.15, 0.2) is 0 Å². The molecule has 0 aromatic rings. The first kappa shape index (κ1) is 12.0. The third-order valence-electron chi connectivity index (χ3n) is 3.30. The minimum absolute atomic E-state index is 0.543. The molecule has 0 aliphatic carbocycles. The van der Waals surface area contributed by atoms with E-state index in [1.165, 1.54) is 32.5 Å². The molecule has 1 saturated heterocycles. The fraction of sp³-hybridized carbons (Fsp3) is 1.00. The van der Waals surface area contributed by atoms with Crippen molar-refractivity contribution in [2.75, 3.05) is 33.2 Å². The zero-order valence-corrected chi connectivity index (χ0v) is 10.3. The first-order valence-electron chi connectivity index (χ1n) is 5.91. The first-order valence-corrected chi connectivity index (χ1v) is 5.91. The molecule has 14 heavy (non-hydrogen) atoms. The molecule has 1 heterocycles. The van der Waals surface area contributed by atoms with Gasteiger partial charge in [0.2, 0.25) is 0 Å². The predicted molar refractivity (Wildman–Crippen MR) is 62.5 cm³/mol. The van der Waals surface area contributed by atoms with Crippen molar-refractivity contribution in [1.82, 2.24) is 10.2 Å². The van der Waals surface area contributed by atoms with Gasteiger partial charge in [-0.1, -0.05) is 20.8 Å². The summed E-state index contributed by atoms with van der Waals surface area (Å²) in [6.45, 7) is 11.8. The van der Waals surface area contributed by atoms with Gasteiger partial charge in [-0.05, 0) is 50.9 Å². The normalized spacial score (nSPS) is 22.9. The van der Waals surface area contributed by atoms with Crippen LogP contribution in [0, 0.1) is 11.3 Å². The maximum Gasteiger partial charge on any atom is 0.000623 e. The lowest BCUT2D eigenvalue weighted by Crippen LogP contribution is -2.42. The van der Waals surface area contributed by atoms with Gasteiger partial charge in [-0.15, -0.1) is 0 Å². The van der Waals surface area contributed by atoms with Crippen molar-refractivity contribution in [3.8, 4) is 0 Å². The molecule has 0 atom stereocenters. The molecule has 0 spiro atoms. The molecule has 0 radical (unpaired) electrons. The Hall–Kier alpha value is -0.0800. The van der Waals surface area contributed by atoms with Gasteiger partial charge < -0.3 is 10.2 Å². The summed E-state index contributed by atoms with van der Waals surface area (Å²) in [5.41, 5.74) is 0.543. The maximum absolute atomic E-state index is 3.59. The number of nitrogens with one attached hydrogen (secondary N) is 1. The fourth-order valence-corrected chi connectivity index (χ4v) is 2.00. The lowest BCUT2D eigenvalue weighted by molar-refractivity contribution is 0.136. The molecule has 1 aliphatic heterocycles. The Labute approximate surface area is 89.1 Å². The summed E-state index contributed by atoms with van der Waals surface area (Å²) in [6.07, 6.45) is 2.68. The van der Waals surface area contributed by atoms with Crippen LogP contribution in [0.4, 0.5) is 0 Å². The third kappa shape index (κ3) is 3.97. The fourth-order valence-electron chi connectivity index (χ4n) is 2.00. The van der Waals surface area contributed by atoms with Gasteiger partial charge in [0, 0.05) is 6.54 Å². The lowest BCUT2D eigenvalue weighted by atomic mass is 9.80. The molecule has 2 nitrogen and oxygen atoms in total. The number of hydrogen-bond donors (Lipinski definition) is 1. The van der Waals surface area contributed by atoms with Crippen LogP contribution in [0.1, 0.15) is 33.6 Å². The average molecular weight is 198 g/mol.